The molecule has 1 saturated carbocycles. The minimum Gasteiger partial charge on any atom is -0.329 e. The Kier molecular flexibility index (Phi) is 4.27. The molecular weight excluding hydrogens is 264 g/mol. The fraction of sp³-hybridized carbons (Fsp3) is 0.750. The van der Waals surface area contributed by atoms with Crippen LogP contribution in [0.2, 0.25) is 0 Å². The number of hydrogen-bond acceptors (Lipinski definition) is 4. The van der Waals surface area contributed by atoms with Crippen molar-refractivity contribution in [2.75, 3.05) is 6.54 Å². The predicted molar refractivity (Wildman–Crippen MR) is 72.9 cm³/mol. The first-order valence-corrected chi connectivity index (χ1v) is 8.22. The monoisotopic (exact) mass is 286 g/mol. The first kappa shape index (κ1) is 14.5. The molecule has 1 fully saturated rings. The number of aromatic nitrogens is 2. The number of hydrogen-bond donors (Lipinski definition) is 3. The second-order valence-corrected chi connectivity index (χ2v) is 7.06. The molecule has 19 heavy (non-hydrogen) atoms. The Hall–Kier alpha value is -0.920. The molecule has 1 aromatic rings. The van der Waals surface area contributed by atoms with Gasteiger partial charge < -0.3 is 5.73 Å². The summed E-state index contributed by atoms with van der Waals surface area (Å²) in [7, 11) is -3.54. The van der Waals surface area contributed by atoms with E-state index >= 15 is 0 Å². The molecule has 0 atom stereocenters. The maximum absolute atomic E-state index is 12.3. The minimum absolute atomic E-state index is 0.165. The highest BCUT2D eigenvalue weighted by molar-refractivity contribution is 7.89. The first-order chi connectivity index (χ1) is 9.01. The van der Waals surface area contributed by atoms with Gasteiger partial charge >= 0.3 is 0 Å². The van der Waals surface area contributed by atoms with Crippen molar-refractivity contribution in [1.82, 2.24) is 14.9 Å². The predicted octanol–water partition coefficient (Wildman–Crippen LogP) is 0.986. The van der Waals surface area contributed by atoms with Crippen molar-refractivity contribution < 1.29 is 8.42 Å². The van der Waals surface area contributed by atoms with Gasteiger partial charge in [-0.05, 0) is 31.6 Å². The molecule has 0 saturated heterocycles. The minimum atomic E-state index is -3.54. The molecule has 108 valence electrons. The molecule has 7 heteroatoms. The first-order valence-electron chi connectivity index (χ1n) is 6.74. The fourth-order valence-electron chi connectivity index (χ4n) is 2.72. The van der Waals surface area contributed by atoms with Crippen LogP contribution in [0.3, 0.4) is 0 Å². The Bertz CT molecular complexity index is 490. The van der Waals surface area contributed by atoms with Crippen molar-refractivity contribution in [2.45, 2.75) is 49.5 Å². The van der Waals surface area contributed by atoms with Crippen molar-refractivity contribution in [2.24, 2.45) is 11.7 Å². The van der Waals surface area contributed by atoms with Gasteiger partial charge in [0.15, 0.2) is 0 Å². The van der Waals surface area contributed by atoms with Gasteiger partial charge in [-0.2, -0.15) is 5.10 Å². The molecule has 0 unspecified atom stereocenters. The highest BCUT2D eigenvalue weighted by Crippen LogP contribution is 2.34. The zero-order valence-corrected chi connectivity index (χ0v) is 12.0. The van der Waals surface area contributed by atoms with Crippen molar-refractivity contribution in [3.8, 4) is 0 Å². The Balaban J connectivity index is 2.12. The van der Waals surface area contributed by atoms with Gasteiger partial charge in [0.25, 0.3) is 0 Å². The molecule has 4 N–H and O–H groups in total. The second-order valence-electron chi connectivity index (χ2n) is 5.38. The van der Waals surface area contributed by atoms with Crippen LogP contribution in [0.25, 0.3) is 0 Å². The quantitative estimate of drug-likeness (QED) is 0.751. The zero-order valence-electron chi connectivity index (χ0n) is 11.2. The summed E-state index contributed by atoms with van der Waals surface area (Å²) >= 11 is 0. The van der Waals surface area contributed by atoms with Gasteiger partial charge in [-0.15, -0.1) is 0 Å². The lowest BCUT2D eigenvalue weighted by atomic mass is 9.76. The highest BCUT2D eigenvalue weighted by atomic mass is 32.2. The summed E-state index contributed by atoms with van der Waals surface area (Å²) in [5, 5.41) is 6.20. The molecule has 0 aromatic carbocycles. The Labute approximate surface area is 114 Å². The van der Waals surface area contributed by atoms with Crippen LogP contribution >= 0.6 is 0 Å². The van der Waals surface area contributed by atoms with Crippen LogP contribution in [-0.4, -0.2) is 30.7 Å². The summed E-state index contributed by atoms with van der Waals surface area (Å²) in [5.41, 5.74) is 5.34. The lowest BCUT2D eigenvalue weighted by Gasteiger charge is -2.39. The van der Waals surface area contributed by atoms with E-state index in [0.29, 0.717) is 12.5 Å². The van der Waals surface area contributed by atoms with Gasteiger partial charge in [0.2, 0.25) is 10.0 Å². The molecule has 1 aliphatic carbocycles. The van der Waals surface area contributed by atoms with Crippen molar-refractivity contribution in [3.63, 3.8) is 0 Å². The Morgan fingerprint density at radius 3 is 2.68 bits per heavy atom. The molecule has 0 radical (unpaired) electrons. The summed E-state index contributed by atoms with van der Waals surface area (Å²) in [6.45, 7) is 2.51. The third-order valence-electron chi connectivity index (χ3n) is 4.16. The number of aromatic amines is 1. The molecule has 1 aliphatic rings. The van der Waals surface area contributed by atoms with Gasteiger partial charge in [-0.3, -0.25) is 5.10 Å². The average molecular weight is 286 g/mol. The lowest BCUT2D eigenvalue weighted by Crippen LogP contribution is -2.55. The number of nitrogens with zero attached hydrogens (tertiary/aromatic N) is 1. The maximum Gasteiger partial charge on any atom is 0.244 e. The fourth-order valence-corrected chi connectivity index (χ4v) is 4.09. The van der Waals surface area contributed by atoms with Crippen LogP contribution in [0.5, 0.6) is 0 Å². The van der Waals surface area contributed by atoms with Crippen LogP contribution in [-0.2, 0) is 10.0 Å². The number of nitrogens with two attached hydrogens (primary N) is 1. The summed E-state index contributed by atoms with van der Waals surface area (Å²) in [5.74, 6) is 0.693. The van der Waals surface area contributed by atoms with Gasteiger partial charge in [0, 0.05) is 18.3 Å². The van der Waals surface area contributed by atoms with E-state index in [1.807, 2.05) is 0 Å². The van der Waals surface area contributed by atoms with Gasteiger partial charge in [-0.1, -0.05) is 13.3 Å². The van der Waals surface area contributed by atoms with E-state index < -0.39 is 15.6 Å². The van der Waals surface area contributed by atoms with Crippen molar-refractivity contribution in [3.05, 3.63) is 12.4 Å². The van der Waals surface area contributed by atoms with Crippen molar-refractivity contribution in [1.29, 1.82) is 0 Å². The van der Waals surface area contributed by atoms with E-state index in [4.69, 9.17) is 5.73 Å². The van der Waals surface area contributed by atoms with Gasteiger partial charge in [-0.25, -0.2) is 13.1 Å². The van der Waals surface area contributed by atoms with Crippen LogP contribution in [0, 0.1) is 5.92 Å². The summed E-state index contributed by atoms with van der Waals surface area (Å²) in [6, 6.07) is 0. The van der Waals surface area contributed by atoms with E-state index in [0.717, 1.165) is 32.1 Å². The summed E-state index contributed by atoms with van der Waals surface area (Å²) in [6.07, 6.45) is 7.50. The van der Waals surface area contributed by atoms with Crippen LogP contribution in [0.1, 0.15) is 39.0 Å². The molecule has 0 amide bonds. The molecule has 1 heterocycles. The van der Waals surface area contributed by atoms with E-state index in [9.17, 15) is 8.42 Å². The Morgan fingerprint density at radius 1 is 1.53 bits per heavy atom. The standard InChI is InChI=1S/C12H22N4O2S/c1-2-10-3-5-12(9-13,6-4-10)16-19(17,18)11-7-14-15-8-11/h7-8,10,16H,2-6,9,13H2,1H3,(H,14,15). The molecule has 0 aliphatic heterocycles. The SMILES string of the molecule is CCC1CCC(CN)(NS(=O)(=O)c2cn[nH]c2)CC1. The average Bonchev–Trinajstić information content (AvgIpc) is 2.94. The lowest BCUT2D eigenvalue weighted by molar-refractivity contribution is 0.217. The smallest absolute Gasteiger partial charge is 0.244 e. The van der Waals surface area contributed by atoms with Gasteiger partial charge in [0.05, 0.1) is 6.20 Å². The van der Waals surface area contributed by atoms with E-state index in [-0.39, 0.29) is 4.90 Å². The normalized spacial score (nSPS) is 28.4. The van der Waals surface area contributed by atoms with Crippen LogP contribution < -0.4 is 10.5 Å². The topological polar surface area (TPSA) is 101 Å². The van der Waals surface area contributed by atoms with E-state index in [2.05, 4.69) is 21.8 Å². The third-order valence-corrected chi connectivity index (χ3v) is 5.71. The number of H-pyrrole nitrogens is 1. The molecule has 1 aromatic heterocycles. The van der Waals surface area contributed by atoms with Crippen LogP contribution in [0.4, 0.5) is 0 Å². The summed E-state index contributed by atoms with van der Waals surface area (Å²) in [4.78, 5) is 0.165. The molecule has 0 bridgehead atoms. The Morgan fingerprint density at radius 2 is 2.21 bits per heavy atom. The third kappa shape index (κ3) is 3.16. The highest BCUT2D eigenvalue weighted by Gasteiger charge is 2.37. The second kappa shape index (κ2) is 5.60. The number of nitrogens with one attached hydrogen (secondary N) is 2. The molecule has 6 nitrogen and oxygen atoms in total. The molecule has 2 rings (SSSR count). The van der Waals surface area contributed by atoms with Crippen molar-refractivity contribution >= 4 is 10.0 Å². The number of sulfonamides is 1. The van der Waals surface area contributed by atoms with Gasteiger partial charge in [0.1, 0.15) is 4.90 Å². The maximum atomic E-state index is 12.3. The molecular formula is C12H22N4O2S. The largest absolute Gasteiger partial charge is 0.329 e. The van der Waals surface area contributed by atoms with E-state index in [1.165, 1.54) is 12.4 Å². The summed E-state index contributed by atoms with van der Waals surface area (Å²) < 4.78 is 27.3. The molecule has 0 spiro atoms. The van der Waals surface area contributed by atoms with Crippen LogP contribution in [0.15, 0.2) is 17.3 Å². The zero-order chi connectivity index (χ0) is 13.9. The number of rotatable bonds is 5. The van der Waals surface area contributed by atoms with E-state index in [1.54, 1.807) is 0 Å².